The Balaban J connectivity index is 2.23. The quantitative estimate of drug-likeness (QED) is 0.770. The fraction of sp³-hybridized carbons (Fsp3) is 0.667. The maximum absolute atomic E-state index is 5.56. The zero-order valence-electron chi connectivity index (χ0n) is 12.0. The van der Waals surface area contributed by atoms with Crippen LogP contribution in [0.2, 0.25) is 0 Å². The first kappa shape index (κ1) is 15.1. The lowest BCUT2D eigenvalue weighted by atomic mass is 10.0. The van der Waals surface area contributed by atoms with Gasteiger partial charge in [-0.15, -0.1) is 0 Å². The molecule has 1 rings (SSSR count). The molecular weight excluding hydrogens is 222 g/mol. The van der Waals surface area contributed by atoms with Gasteiger partial charge in [-0.25, -0.2) is 0 Å². The number of pyridine rings is 1. The highest BCUT2D eigenvalue weighted by Gasteiger charge is 2.04. The van der Waals surface area contributed by atoms with E-state index in [-0.39, 0.29) is 0 Å². The Hall–Kier alpha value is -0.930. The smallest absolute Gasteiger partial charge is 0.0547 e. The SMILES string of the molecule is Cc1cccc(CN(C)CCCC(C)CCN)n1. The zero-order valence-corrected chi connectivity index (χ0v) is 12.0. The van der Waals surface area contributed by atoms with Crippen LogP contribution in [0, 0.1) is 12.8 Å². The molecule has 1 heterocycles. The summed E-state index contributed by atoms with van der Waals surface area (Å²) in [6.45, 7) is 7.20. The van der Waals surface area contributed by atoms with E-state index in [0.717, 1.165) is 43.4 Å². The van der Waals surface area contributed by atoms with Crippen LogP contribution in [0.1, 0.15) is 37.6 Å². The minimum Gasteiger partial charge on any atom is -0.330 e. The molecule has 0 aromatic carbocycles. The number of aryl methyl sites for hydroxylation is 1. The monoisotopic (exact) mass is 249 g/mol. The summed E-state index contributed by atoms with van der Waals surface area (Å²) in [4.78, 5) is 6.87. The van der Waals surface area contributed by atoms with Crippen molar-refractivity contribution in [2.24, 2.45) is 11.7 Å². The van der Waals surface area contributed by atoms with Crippen molar-refractivity contribution in [1.29, 1.82) is 0 Å². The van der Waals surface area contributed by atoms with Crippen LogP contribution in [0.3, 0.4) is 0 Å². The molecule has 0 saturated carbocycles. The van der Waals surface area contributed by atoms with Crippen LogP contribution < -0.4 is 5.73 Å². The lowest BCUT2D eigenvalue weighted by molar-refractivity contribution is 0.303. The van der Waals surface area contributed by atoms with Gasteiger partial charge in [-0.3, -0.25) is 4.98 Å². The third-order valence-electron chi connectivity index (χ3n) is 3.27. The van der Waals surface area contributed by atoms with Gasteiger partial charge in [-0.1, -0.05) is 13.0 Å². The normalized spacial score (nSPS) is 12.9. The molecule has 1 aromatic heterocycles. The van der Waals surface area contributed by atoms with E-state index < -0.39 is 0 Å². The summed E-state index contributed by atoms with van der Waals surface area (Å²) in [5.74, 6) is 0.750. The molecule has 0 saturated heterocycles. The highest BCUT2D eigenvalue weighted by atomic mass is 15.1. The lowest BCUT2D eigenvalue weighted by Crippen LogP contribution is -2.20. The second kappa shape index (κ2) is 8.22. The van der Waals surface area contributed by atoms with Crippen LogP contribution in [0.25, 0.3) is 0 Å². The fourth-order valence-corrected chi connectivity index (χ4v) is 2.18. The van der Waals surface area contributed by atoms with Gasteiger partial charge >= 0.3 is 0 Å². The van der Waals surface area contributed by atoms with Crippen molar-refractivity contribution in [3.8, 4) is 0 Å². The van der Waals surface area contributed by atoms with Gasteiger partial charge in [-0.05, 0) is 64.4 Å². The molecule has 18 heavy (non-hydrogen) atoms. The molecule has 102 valence electrons. The van der Waals surface area contributed by atoms with Crippen molar-refractivity contribution in [3.05, 3.63) is 29.6 Å². The first-order valence-corrected chi connectivity index (χ1v) is 6.93. The molecule has 1 unspecified atom stereocenters. The summed E-state index contributed by atoms with van der Waals surface area (Å²) in [6, 6.07) is 6.22. The molecule has 0 aliphatic carbocycles. The van der Waals surface area contributed by atoms with E-state index >= 15 is 0 Å². The van der Waals surface area contributed by atoms with Crippen molar-refractivity contribution in [2.75, 3.05) is 20.1 Å². The Kier molecular flexibility index (Phi) is 6.91. The highest BCUT2D eigenvalue weighted by Crippen LogP contribution is 2.10. The number of aromatic nitrogens is 1. The second-order valence-corrected chi connectivity index (χ2v) is 5.33. The number of nitrogens with two attached hydrogens (primary N) is 1. The molecule has 0 spiro atoms. The Bertz CT molecular complexity index is 338. The molecule has 3 heteroatoms. The lowest BCUT2D eigenvalue weighted by Gasteiger charge is -2.17. The number of hydrogen-bond acceptors (Lipinski definition) is 3. The van der Waals surface area contributed by atoms with E-state index in [9.17, 15) is 0 Å². The van der Waals surface area contributed by atoms with Crippen LogP contribution in [0.4, 0.5) is 0 Å². The maximum atomic E-state index is 5.56. The van der Waals surface area contributed by atoms with Gasteiger partial charge in [0.2, 0.25) is 0 Å². The molecule has 2 N–H and O–H groups in total. The predicted octanol–water partition coefficient (Wildman–Crippen LogP) is 2.59. The van der Waals surface area contributed by atoms with Crippen molar-refractivity contribution >= 4 is 0 Å². The third kappa shape index (κ3) is 6.12. The first-order chi connectivity index (χ1) is 8.61. The van der Waals surface area contributed by atoms with E-state index in [1.165, 1.54) is 12.8 Å². The van der Waals surface area contributed by atoms with E-state index in [2.05, 4.69) is 36.0 Å². The Morgan fingerprint density at radius 2 is 2.11 bits per heavy atom. The first-order valence-electron chi connectivity index (χ1n) is 6.93. The summed E-state index contributed by atoms with van der Waals surface area (Å²) in [7, 11) is 2.16. The van der Waals surface area contributed by atoms with Crippen LogP contribution in [0.5, 0.6) is 0 Å². The molecule has 3 nitrogen and oxygen atoms in total. The van der Waals surface area contributed by atoms with Crippen LogP contribution in [-0.4, -0.2) is 30.0 Å². The third-order valence-corrected chi connectivity index (χ3v) is 3.27. The molecule has 0 fully saturated rings. The van der Waals surface area contributed by atoms with Gasteiger partial charge < -0.3 is 10.6 Å². The van der Waals surface area contributed by atoms with Gasteiger partial charge in [0.15, 0.2) is 0 Å². The number of rotatable bonds is 8. The highest BCUT2D eigenvalue weighted by molar-refractivity contribution is 5.09. The van der Waals surface area contributed by atoms with Crippen LogP contribution >= 0.6 is 0 Å². The van der Waals surface area contributed by atoms with E-state index in [4.69, 9.17) is 5.73 Å². The number of nitrogens with zero attached hydrogens (tertiary/aromatic N) is 2. The van der Waals surface area contributed by atoms with Gasteiger partial charge in [0, 0.05) is 12.2 Å². The van der Waals surface area contributed by atoms with Crippen LogP contribution in [0.15, 0.2) is 18.2 Å². The molecule has 0 bridgehead atoms. The summed E-state index contributed by atoms with van der Waals surface area (Å²) >= 11 is 0. The van der Waals surface area contributed by atoms with Crippen LogP contribution in [-0.2, 0) is 6.54 Å². The molecular formula is C15H27N3. The van der Waals surface area contributed by atoms with Gasteiger partial charge in [0.05, 0.1) is 5.69 Å². The van der Waals surface area contributed by atoms with Crippen molar-refractivity contribution < 1.29 is 0 Å². The van der Waals surface area contributed by atoms with Crippen molar-refractivity contribution in [3.63, 3.8) is 0 Å². The average Bonchev–Trinajstić information content (AvgIpc) is 2.29. The largest absolute Gasteiger partial charge is 0.330 e. The predicted molar refractivity (Wildman–Crippen MR) is 77.4 cm³/mol. The zero-order chi connectivity index (χ0) is 13.4. The summed E-state index contributed by atoms with van der Waals surface area (Å²) in [5, 5.41) is 0. The Morgan fingerprint density at radius 1 is 1.33 bits per heavy atom. The number of hydrogen-bond donors (Lipinski definition) is 1. The fourth-order valence-electron chi connectivity index (χ4n) is 2.18. The Morgan fingerprint density at radius 3 is 2.78 bits per heavy atom. The summed E-state index contributed by atoms with van der Waals surface area (Å²) < 4.78 is 0. The van der Waals surface area contributed by atoms with Crippen molar-refractivity contribution in [2.45, 2.75) is 39.7 Å². The van der Waals surface area contributed by atoms with E-state index in [1.54, 1.807) is 0 Å². The second-order valence-electron chi connectivity index (χ2n) is 5.33. The maximum Gasteiger partial charge on any atom is 0.0547 e. The molecule has 1 aromatic rings. The molecule has 0 aliphatic rings. The standard InChI is InChI=1S/C15H27N3/c1-13(9-10-16)6-5-11-18(3)12-15-8-4-7-14(2)17-15/h4,7-8,13H,5-6,9-12,16H2,1-3H3. The van der Waals surface area contributed by atoms with Gasteiger partial charge in [-0.2, -0.15) is 0 Å². The average molecular weight is 249 g/mol. The summed E-state index contributed by atoms with van der Waals surface area (Å²) in [5.41, 5.74) is 7.81. The minimum absolute atomic E-state index is 0.750. The topological polar surface area (TPSA) is 42.1 Å². The van der Waals surface area contributed by atoms with Gasteiger partial charge in [0.25, 0.3) is 0 Å². The molecule has 1 atom stereocenters. The van der Waals surface area contributed by atoms with E-state index in [0.29, 0.717) is 0 Å². The molecule has 0 aliphatic heterocycles. The minimum atomic E-state index is 0.750. The van der Waals surface area contributed by atoms with Gasteiger partial charge in [0.1, 0.15) is 0 Å². The Labute approximate surface area is 111 Å². The molecule has 0 radical (unpaired) electrons. The summed E-state index contributed by atoms with van der Waals surface area (Å²) in [6.07, 6.45) is 3.65. The van der Waals surface area contributed by atoms with E-state index in [1.807, 2.05) is 13.0 Å². The van der Waals surface area contributed by atoms with Crippen molar-refractivity contribution in [1.82, 2.24) is 9.88 Å². The molecule has 0 amide bonds.